The van der Waals surface area contributed by atoms with Crippen molar-refractivity contribution < 1.29 is 23.8 Å². The Kier molecular flexibility index (Phi) is 4.33. The van der Waals surface area contributed by atoms with Gasteiger partial charge >= 0.3 is 5.97 Å². The minimum atomic E-state index is -0.805. The van der Waals surface area contributed by atoms with Gasteiger partial charge < -0.3 is 9.84 Å². The molecule has 2 rings (SSSR count). The Labute approximate surface area is 120 Å². The Hall–Kier alpha value is -2.69. The second kappa shape index (κ2) is 6.17. The molecule has 4 nitrogen and oxygen atoms in total. The molecule has 108 valence electrons. The monoisotopic (exact) mass is 288 g/mol. The van der Waals surface area contributed by atoms with Crippen LogP contribution in [0, 0.1) is 12.7 Å². The molecule has 0 amide bonds. The minimum Gasteiger partial charge on any atom is -0.507 e. The highest BCUT2D eigenvalue weighted by atomic mass is 19.1. The zero-order chi connectivity index (χ0) is 15.4. The normalized spacial score (nSPS) is 10.2. The molecular formula is C16H13FO4. The maximum atomic E-state index is 13.0. The molecule has 0 atom stereocenters. The molecule has 1 N–H and O–H groups in total. The first-order chi connectivity index (χ1) is 9.97. The van der Waals surface area contributed by atoms with Crippen LogP contribution in [0.2, 0.25) is 0 Å². The molecule has 0 aliphatic rings. The van der Waals surface area contributed by atoms with E-state index in [-0.39, 0.29) is 16.9 Å². The van der Waals surface area contributed by atoms with Crippen molar-refractivity contribution in [3.8, 4) is 5.75 Å². The predicted octanol–water partition coefficient (Wildman–Crippen LogP) is 2.88. The largest absolute Gasteiger partial charge is 0.507 e. The van der Waals surface area contributed by atoms with Gasteiger partial charge in [0.25, 0.3) is 0 Å². The summed E-state index contributed by atoms with van der Waals surface area (Å²) in [5.41, 5.74) is 0.884. The van der Waals surface area contributed by atoms with Gasteiger partial charge in [-0.3, -0.25) is 4.79 Å². The Morgan fingerprint density at radius 2 is 1.95 bits per heavy atom. The summed E-state index contributed by atoms with van der Waals surface area (Å²) in [7, 11) is 0. The van der Waals surface area contributed by atoms with E-state index in [1.54, 1.807) is 13.0 Å². The minimum absolute atomic E-state index is 0.0120. The quantitative estimate of drug-likeness (QED) is 0.694. The van der Waals surface area contributed by atoms with Crippen molar-refractivity contribution in [2.75, 3.05) is 6.61 Å². The number of Topliss-reactive ketones (excluding diaryl/α,β-unsaturated/α-hetero) is 1. The van der Waals surface area contributed by atoms with E-state index in [0.717, 1.165) is 11.6 Å². The third-order valence-corrected chi connectivity index (χ3v) is 2.85. The van der Waals surface area contributed by atoms with Gasteiger partial charge in [-0.2, -0.15) is 0 Å². The van der Waals surface area contributed by atoms with Crippen LogP contribution in [0.25, 0.3) is 0 Å². The van der Waals surface area contributed by atoms with Gasteiger partial charge in [0.15, 0.2) is 12.4 Å². The van der Waals surface area contributed by atoms with E-state index in [2.05, 4.69) is 0 Å². The van der Waals surface area contributed by atoms with Crippen LogP contribution in [-0.2, 0) is 4.74 Å². The summed E-state index contributed by atoms with van der Waals surface area (Å²) in [5.74, 6) is -2.08. The van der Waals surface area contributed by atoms with Crippen LogP contribution in [0.3, 0.4) is 0 Å². The van der Waals surface area contributed by atoms with Crippen LogP contribution < -0.4 is 0 Å². The van der Waals surface area contributed by atoms with Crippen molar-refractivity contribution in [3.63, 3.8) is 0 Å². The lowest BCUT2D eigenvalue weighted by Crippen LogP contribution is -2.14. The second-order valence-corrected chi connectivity index (χ2v) is 4.53. The fourth-order valence-electron chi connectivity index (χ4n) is 1.77. The summed E-state index contributed by atoms with van der Waals surface area (Å²) < 4.78 is 17.8. The van der Waals surface area contributed by atoms with Crippen molar-refractivity contribution in [1.29, 1.82) is 0 Å². The summed E-state index contributed by atoms with van der Waals surface area (Å²) in [6.45, 7) is 1.24. The molecule has 0 bridgehead atoms. The van der Waals surface area contributed by atoms with Crippen LogP contribution in [0.5, 0.6) is 5.75 Å². The average Bonchev–Trinajstić information content (AvgIpc) is 2.47. The van der Waals surface area contributed by atoms with Crippen molar-refractivity contribution >= 4 is 11.8 Å². The molecule has 2 aromatic carbocycles. The Morgan fingerprint density at radius 3 is 2.67 bits per heavy atom. The molecule has 0 spiro atoms. The molecule has 0 saturated heterocycles. The molecule has 0 aliphatic carbocycles. The highest BCUT2D eigenvalue weighted by Crippen LogP contribution is 2.19. The first-order valence-corrected chi connectivity index (χ1v) is 6.23. The molecular weight excluding hydrogens is 275 g/mol. The van der Waals surface area contributed by atoms with E-state index < -0.39 is 24.2 Å². The number of aromatic hydroxyl groups is 1. The summed E-state index contributed by atoms with van der Waals surface area (Å²) in [4.78, 5) is 23.6. The zero-order valence-corrected chi connectivity index (χ0v) is 11.3. The number of benzene rings is 2. The first kappa shape index (κ1) is 14.7. The molecule has 2 aromatic rings. The van der Waals surface area contributed by atoms with Crippen molar-refractivity contribution in [2.24, 2.45) is 0 Å². The molecule has 0 saturated carbocycles. The third kappa shape index (κ3) is 3.66. The number of phenolic OH excluding ortho intramolecular Hbond substituents is 1. The fourth-order valence-corrected chi connectivity index (χ4v) is 1.77. The Balaban J connectivity index is 2.04. The van der Waals surface area contributed by atoms with Crippen LogP contribution in [0.15, 0.2) is 42.5 Å². The third-order valence-electron chi connectivity index (χ3n) is 2.85. The van der Waals surface area contributed by atoms with Crippen LogP contribution in [-0.4, -0.2) is 23.5 Å². The molecule has 0 unspecified atom stereocenters. The zero-order valence-electron chi connectivity index (χ0n) is 11.3. The van der Waals surface area contributed by atoms with Crippen molar-refractivity contribution in [2.45, 2.75) is 6.92 Å². The molecule has 0 radical (unpaired) electrons. The van der Waals surface area contributed by atoms with Gasteiger partial charge in [0, 0.05) is 5.56 Å². The number of carbonyl (C=O) groups is 2. The number of carbonyl (C=O) groups excluding carboxylic acids is 2. The number of hydrogen-bond donors (Lipinski definition) is 1. The van der Waals surface area contributed by atoms with Gasteiger partial charge in [0.05, 0.1) is 0 Å². The van der Waals surface area contributed by atoms with Crippen LogP contribution in [0.1, 0.15) is 26.3 Å². The predicted molar refractivity (Wildman–Crippen MR) is 73.9 cm³/mol. The maximum absolute atomic E-state index is 13.0. The summed E-state index contributed by atoms with van der Waals surface area (Å²) in [5, 5.41) is 9.59. The van der Waals surface area contributed by atoms with E-state index in [1.807, 2.05) is 0 Å². The molecule has 5 heteroatoms. The highest BCUT2D eigenvalue weighted by molar-refractivity contribution is 5.99. The number of hydrogen-bond acceptors (Lipinski definition) is 4. The van der Waals surface area contributed by atoms with Gasteiger partial charge in [-0.1, -0.05) is 23.8 Å². The van der Waals surface area contributed by atoms with Gasteiger partial charge in [0.1, 0.15) is 17.1 Å². The number of esters is 1. The Morgan fingerprint density at radius 1 is 1.19 bits per heavy atom. The number of rotatable bonds is 4. The van der Waals surface area contributed by atoms with Crippen molar-refractivity contribution in [3.05, 3.63) is 65.0 Å². The van der Waals surface area contributed by atoms with E-state index in [9.17, 15) is 19.1 Å². The summed E-state index contributed by atoms with van der Waals surface area (Å²) >= 11 is 0. The molecule has 0 fully saturated rings. The Bertz CT molecular complexity index is 694. The number of aryl methyl sites for hydroxylation is 1. The number of halogens is 1. The van der Waals surface area contributed by atoms with E-state index >= 15 is 0 Å². The van der Waals surface area contributed by atoms with E-state index in [0.29, 0.717) is 0 Å². The van der Waals surface area contributed by atoms with Gasteiger partial charge in [0.2, 0.25) is 0 Å². The van der Waals surface area contributed by atoms with Crippen LogP contribution in [0.4, 0.5) is 4.39 Å². The van der Waals surface area contributed by atoms with Crippen LogP contribution >= 0.6 is 0 Å². The fraction of sp³-hybridized carbons (Fsp3) is 0.125. The number of phenols is 1. The second-order valence-electron chi connectivity index (χ2n) is 4.53. The molecule has 0 aliphatic heterocycles. The number of ketones is 1. The lowest BCUT2D eigenvalue weighted by Gasteiger charge is -2.07. The van der Waals surface area contributed by atoms with E-state index in [4.69, 9.17) is 4.74 Å². The lowest BCUT2D eigenvalue weighted by molar-refractivity contribution is 0.0471. The molecule has 21 heavy (non-hydrogen) atoms. The van der Waals surface area contributed by atoms with Gasteiger partial charge in [-0.05, 0) is 31.2 Å². The summed E-state index contributed by atoms with van der Waals surface area (Å²) in [6.07, 6.45) is 0. The average molecular weight is 288 g/mol. The van der Waals surface area contributed by atoms with Gasteiger partial charge in [-0.15, -0.1) is 0 Å². The number of ether oxygens (including phenoxy) is 1. The molecule has 0 aromatic heterocycles. The maximum Gasteiger partial charge on any atom is 0.342 e. The topological polar surface area (TPSA) is 63.6 Å². The van der Waals surface area contributed by atoms with E-state index in [1.165, 1.54) is 30.3 Å². The molecule has 0 heterocycles. The van der Waals surface area contributed by atoms with Gasteiger partial charge in [-0.25, -0.2) is 9.18 Å². The SMILES string of the molecule is Cc1ccc(O)c(C(=O)OCC(=O)c2cccc(F)c2)c1. The van der Waals surface area contributed by atoms with Crippen molar-refractivity contribution in [1.82, 2.24) is 0 Å². The summed E-state index contributed by atoms with van der Waals surface area (Å²) in [6, 6.07) is 9.60. The lowest BCUT2D eigenvalue weighted by atomic mass is 10.1. The first-order valence-electron chi connectivity index (χ1n) is 6.23. The standard InChI is InChI=1S/C16H13FO4/c1-10-5-6-14(18)13(7-10)16(20)21-9-15(19)11-3-2-4-12(17)8-11/h2-8,18H,9H2,1H3. The highest BCUT2D eigenvalue weighted by Gasteiger charge is 2.15. The smallest absolute Gasteiger partial charge is 0.342 e.